The van der Waals surface area contributed by atoms with Crippen LogP contribution in [0.2, 0.25) is 10.0 Å². The maximum absolute atomic E-state index is 11.9. The molecule has 18 heavy (non-hydrogen) atoms. The van der Waals surface area contributed by atoms with Crippen molar-refractivity contribution in [1.29, 1.82) is 0 Å². The third-order valence-electron chi connectivity index (χ3n) is 2.33. The van der Waals surface area contributed by atoms with Crippen LogP contribution in [0.15, 0.2) is 35.4 Å². The number of aromatic nitrogens is 2. The molecule has 0 saturated carbocycles. The number of ether oxygens (including phenoxy) is 1. The molecule has 1 aromatic carbocycles. The molecule has 0 saturated heterocycles. The second-order valence-corrected chi connectivity index (χ2v) is 4.32. The van der Waals surface area contributed by atoms with Gasteiger partial charge in [-0.3, -0.25) is 4.79 Å². The maximum atomic E-state index is 11.9. The lowest BCUT2D eigenvalue weighted by Gasteiger charge is -2.07. The van der Waals surface area contributed by atoms with Gasteiger partial charge in [0.05, 0.1) is 10.0 Å². The third-order valence-corrected chi connectivity index (χ3v) is 3.07. The first-order valence-electron chi connectivity index (χ1n) is 5.30. The van der Waals surface area contributed by atoms with Crippen LogP contribution in [0.4, 0.5) is 0 Å². The average molecular weight is 285 g/mol. The first kappa shape index (κ1) is 12.9. The molecule has 0 aliphatic heterocycles. The van der Waals surface area contributed by atoms with Gasteiger partial charge in [-0.2, -0.15) is 0 Å². The van der Waals surface area contributed by atoms with Crippen molar-refractivity contribution >= 4 is 23.2 Å². The third kappa shape index (κ3) is 2.66. The van der Waals surface area contributed by atoms with Crippen molar-refractivity contribution in [2.75, 3.05) is 0 Å². The molecular formula is C12H10Cl2N2O2. The molecule has 0 aliphatic carbocycles. The summed E-state index contributed by atoms with van der Waals surface area (Å²) < 4.78 is 6.90. The Morgan fingerprint density at radius 2 is 2.11 bits per heavy atom. The molecule has 1 aromatic heterocycles. The maximum Gasteiger partial charge on any atom is 0.313 e. The van der Waals surface area contributed by atoms with Gasteiger partial charge in [0.15, 0.2) is 0 Å². The van der Waals surface area contributed by atoms with Gasteiger partial charge in [-0.15, -0.1) is 0 Å². The Labute approximate surface area is 114 Å². The SMILES string of the molecule is CCn1ccnc(Oc2ccc(Cl)c(Cl)c2)c1=O. The highest BCUT2D eigenvalue weighted by atomic mass is 35.5. The van der Waals surface area contributed by atoms with Crippen LogP contribution in [0.3, 0.4) is 0 Å². The zero-order valence-corrected chi connectivity index (χ0v) is 11.1. The Balaban J connectivity index is 2.34. The average Bonchev–Trinajstić information content (AvgIpc) is 2.36. The molecule has 0 N–H and O–H groups in total. The van der Waals surface area contributed by atoms with Crippen molar-refractivity contribution in [3.63, 3.8) is 0 Å². The van der Waals surface area contributed by atoms with Crippen molar-refractivity contribution in [3.05, 3.63) is 51.0 Å². The van der Waals surface area contributed by atoms with E-state index in [0.717, 1.165) is 0 Å². The summed E-state index contributed by atoms with van der Waals surface area (Å²) in [5.74, 6) is 0.431. The monoisotopic (exact) mass is 284 g/mol. The van der Waals surface area contributed by atoms with Crippen LogP contribution < -0.4 is 10.3 Å². The van der Waals surface area contributed by atoms with E-state index in [-0.39, 0.29) is 11.4 Å². The van der Waals surface area contributed by atoms with Crippen LogP contribution in [0, 0.1) is 0 Å². The summed E-state index contributed by atoms with van der Waals surface area (Å²) in [6.45, 7) is 2.42. The van der Waals surface area contributed by atoms with E-state index in [9.17, 15) is 4.79 Å². The van der Waals surface area contributed by atoms with Crippen LogP contribution in [0.5, 0.6) is 11.6 Å². The minimum absolute atomic E-state index is 0.0118. The van der Waals surface area contributed by atoms with Gasteiger partial charge in [0.2, 0.25) is 0 Å². The Morgan fingerprint density at radius 1 is 1.33 bits per heavy atom. The highest BCUT2D eigenvalue weighted by Gasteiger charge is 2.07. The number of hydrogen-bond donors (Lipinski definition) is 0. The molecule has 0 aliphatic rings. The molecule has 1 heterocycles. The van der Waals surface area contributed by atoms with Gasteiger partial charge in [-0.05, 0) is 19.1 Å². The second kappa shape index (κ2) is 5.42. The molecule has 0 unspecified atom stereocenters. The van der Waals surface area contributed by atoms with Crippen molar-refractivity contribution in [2.24, 2.45) is 0 Å². The fraction of sp³-hybridized carbons (Fsp3) is 0.167. The van der Waals surface area contributed by atoms with Gasteiger partial charge in [0.25, 0.3) is 5.88 Å². The molecular weight excluding hydrogens is 275 g/mol. The molecule has 94 valence electrons. The summed E-state index contributed by atoms with van der Waals surface area (Å²) in [5.41, 5.74) is -0.286. The molecule has 0 amide bonds. The van der Waals surface area contributed by atoms with E-state index in [2.05, 4.69) is 4.98 Å². The Morgan fingerprint density at radius 3 is 2.78 bits per heavy atom. The van der Waals surface area contributed by atoms with Gasteiger partial charge in [-0.1, -0.05) is 23.2 Å². The molecule has 0 radical (unpaired) electrons. The van der Waals surface area contributed by atoms with E-state index in [1.807, 2.05) is 6.92 Å². The minimum Gasteiger partial charge on any atom is -0.435 e. The van der Waals surface area contributed by atoms with Crippen LogP contribution in [-0.4, -0.2) is 9.55 Å². The second-order valence-electron chi connectivity index (χ2n) is 3.50. The predicted octanol–water partition coefficient (Wildman–Crippen LogP) is 3.36. The van der Waals surface area contributed by atoms with Crippen LogP contribution in [-0.2, 0) is 6.54 Å². The summed E-state index contributed by atoms with van der Waals surface area (Å²) in [4.78, 5) is 15.8. The lowest BCUT2D eigenvalue weighted by atomic mass is 10.3. The van der Waals surface area contributed by atoms with E-state index in [0.29, 0.717) is 22.3 Å². The molecule has 2 aromatic rings. The van der Waals surface area contributed by atoms with Crippen LogP contribution in [0.25, 0.3) is 0 Å². The zero-order valence-electron chi connectivity index (χ0n) is 9.56. The molecule has 0 fully saturated rings. The van der Waals surface area contributed by atoms with Crippen molar-refractivity contribution in [3.8, 4) is 11.6 Å². The lowest BCUT2D eigenvalue weighted by molar-refractivity contribution is 0.445. The van der Waals surface area contributed by atoms with E-state index in [4.69, 9.17) is 27.9 Å². The standard InChI is InChI=1S/C12H10Cl2N2O2/c1-2-16-6-5-15-11(12(16)17)18-8-3-4-9(13)10(14)7-8/h3-7H,2H2,1H3. The highest BCUT2D eigenvalue weighted by Crippen LogP contribution is 2.27. The van der Waals surface area contributed by atoms with Crippen molar-refractivity contribution in [2.45, 2.75) is 13.5 Å². The van der Waals surface area contributed by atoms with E-state index < -0.39 is 0 Å². The van der Waals surface area contributed by atoms with Gasteiger partial charge >= 0.3 is 5.56 Å². The van der Waals surface area contributed by atoms with Crippen LogP contribution in [0.1, 0.15) is 6.92 Å². The van der Waals surface area contributed by atoms with Crippen molar-refractivity contribution in [1.82, 2.24) is 9.55 Å². The number of hydrogen-bond acceptors (Lipinski definition) is 3. The summed E-state index contributed by atoms with van der Waals surface area (Å²) >= 11 is 11.7. The van der Waals surface area contributed by atoms with Crippen LogP contribution >= 0.6 is 23.2 Å². The topological polar surface area (TPSA) is 44.1 Å². The molecule has 0 spiro atoms. The van der Waals surface area contributed by atoms with Crippen molar-refractivity contribution < 1.29 is 4.74 Å². The molecule has 6 heteroatoms. The first-order chi connectivity index (χ1) is 8.61. The van der Waals surface area contributed by atoms with Gasteiger partial charge in [0, 0.05) is 25.0 Å². The first-order valence-corrected chi connectivity index (χ1v) is 6.05. The normalized spacial score (nSPS) is 10.4. The summed E-state index contributed by atoms with van der Waals surface area (Å²) in [6, 6.07) is 4.76. The number of nitrogens with zero attached hydrogens (tertiary/aromatic N) is 2. The van der Waals surface area contributed by atoms with E-state index in [1.54, 1.807) is 18.3 Å². The fourth-order valence-corrected chi connectivity index (χ4v) is 1.69. The molecule has 0 bridgehead atoms. The van der Waals surface area contributed by atoms with Gasteiger partial charge in [0.1, 0.15) is 5.75 Å². The molecule has 4 nitrogen and oxygen atoms in total. The highest BCUT2D eigenvalue weighted by molar-refractivity contribution is 6.42. The van der Waals surface area contributed by atoms with E-state index in [1.165, 1.54) is 16.8 Å². The number of benzene rings is 1. The molecule has 0 atom stereocenters. The lowest BCUT2D eigenvalue weighted by Crippen LogP contribution is -2.20. The summed E-state index contributed by atoms with van der Waals surface area (Å²) in [6.07, 6.45) is 3.11. The summed E-state index contributed by atoms with van der Waals surface area (Å²) in [7, 11) is 0. The van der Waals surface area contributed by atoms with Gasteiger partial charge in [-0.25, -0.2) is 4.98 Å². The van der Waals surface area contributed by atoms with Gasteiger partial charge < -0.3 is 9.30 Å². The Bertz CT molecular complexity index is 626. The number of halogens is 2. The fourth-order valence-electron chi connectivity index (χ4n) is 1.40. The Hall–Kier alpha value is -1.52. The smallest absolute Gasteiger partial charge is 0.313 e. The predicted molar refractivity (Wildman–Crippen MR) is 70.7 cm³/mol. The Kier molecular flexibility index (Phi) is 3.89. The molecule has 2 rings (SSSR count). The largest absolute Gasteiger partial charge is 0.435 e. The zero-order chi connectivity index (χ0) is 13.1. The minimum atomic E-state index is -0.286. The summed E-state index contributed by atoms with van der Waals surface area (Å²) in [5, 5.41) is 0.789. The van der Waals surface area contributed by atoms with E-state index >= 15 is 0 Å². The number of aryl methyl sites for hydroxylation is 1. The number of rotatable bonds is 3. The quantitative estimate of drug-likeness (QED) is 0.868.